The standard InChI is InChI=1S/C20H31NO4/c1-15(2)19-8-7-17(12-16(19)3)25-14-20(22)21-9-5-10-23-13-18-6-4-11-24-18/h7-8,12,15,18H,4-6,9-11,13-14H2,1-3H3,(H,21,22). The molecule has 1 unspecified atom stereocenters. The van der Waals surface area contributed by atoms with Gasteiger partial charge in [-0.25, -0.2) is 0 Å². The number of ether oxygens (including phenoxy) is 3. The molecule has 0 radical (unpaired) electrons. The van der Waals surface area contributed by atoms with Crippen molar-refractivity contribution in [2.75, 3.05) is 33.0 Å². The van der Waals surface area contributed by atoms with E-state index in [1.165, 1.54) is 11.1 Å². The van der Waals surface area contributed by atoms with Crippen LogP contribution >= 0.6 is 0 Å². The van der Waals surface area contributed by atoms with E-state index in [9.17, 15) is 4.79 Å². The highest BCUT2D eigenvalue weighted by Crippen LogP contribution is 2.23. The van der Waals surface area contributed by atoms with Gasteiger partial charge in [-0.15, -0.1) is 0 Å². The summed E-state index contributed by atoms with van der Waals surface area (Å²) in [5.74, 6) is 1.11. The predicted molar refractivity (Wildman–Crippen MR) is 98.2 cm³/mol. The van der Waals surface area contributed by atoms with Gasteiger partial charge in [0.1, 0.15) is 5.75 Å². The van der Waals surface area contributed by atoms with Crippen LogP contribution in [0.4, 0.5) is 0 Å². The summed E-state index contributed by atoms with van der Waals surface area (Å²) >= 11 is 0. The van der Waals surface area contributed by atoms with Gasteiger partial charge in [0.2, 0.25) is 0 Å². The van der Waals surface area contributed by atoms with Crippen molar-refractivity contribution < 1.29 is 19.0 Å². The first-order valence-electron chi connectivity index (χ1n) is 9.25. The molecular formula is C20H31NO4. The zero-order valence-electron chi connectivity index (χ0n) is 15.7. The van der Waals surface area contributed by atoms with Crippen LogP contribution in [0.1, 0.15) is 50.2 Å². The minimum atomic E-state index is -0.107. The number of amides is 1. The van der Waals surface area contributed by atoms with Gasteiger partial charge in [0.05, 0.1) is 12.7 Å². The van der Waals surface area contributed by atoms with Crippen molar-refractivity contribution in [3.63, 3.8) is 0 Å². The van der Waals surface area contributed by atoms with E-state index in [2.05, 4.69) is 32.2 Å². The molecule has 1 amide bonds. The number of nitrogens with one attached hydrogen (secondary N) is 1. The van der Waals surface area contributed by atoms with Crippen molar-refractivity contribution in [2.24, 2.45) is 0 Å². The SMILES string of the molecule is Cc1cc(OCC(=O)NCCCOCC2CCCO2)ccc1C(C)C. The summed E-state index contributed by atoms with van der Waals surface area (Å²) in [7, 11) is 0. The highest BCUT2D eigenvalue weighted by Gasteiger charge is 2.15. The van der Waals surface area contributed by atoms with Gasteiger partial charge < -0.3 is 19.5 Å². The van der Waals surface area contributed by atoms with Crippen molar-refractivity contribution in [1.29, 1.82) is 0 Å². The molecule has 2 rings (SSSR count). The van der Waals surface area contributed by atoms with E-state index >= 15 is 0 Å². The molecule has 5 heteroatoms. The first-order valence-corrected chi connectivity index (χ1v) is 9.25. The fraction of sp³-hybridized carbons (Fsp3) is 0.650. The van der Waals surface area contributed by atoms with Gasteiger partial charge in [-0.05, 0) is 55.4 Å². The van der Waals surface area contributed by atoms with E-state index in [0.29, 0.717) is 25.7 Å². The van der Waals surface area contributed by atoms with E-state index in [0.717, 1.165) is 31.6 Å². The molecule has 1 N–H and O–H groups in total. The second-order valence-corrected chi connectivity index (χ2v) is 6.88. The number of hydrogen-bond donors (Lipinski definition) is 1. The smallest absolute Gasteiger partial charge is 0.257 e. The van der Waals surface area contributed by atoms with Gasteiger partial charge in [0.15, 0.2) is 6.61 Å². The maximum atomic E-state index is 11.8. The number of carbonyl (C=O) groups excluding carboxylic acids is 1. The Hall–Kier alpha value is -1.59. The molecule has 1 aromatic carbocycles. The molecule has 1 aromatic rings. The van der Waals surface area contributed by atoms with Crippen LogP contribution in [-0.4, -0.2) is 45.0 Å². The first kappa shape index (κ1) is 19.7. The summed E-state index contributed by atoms with van der Waals surface area (Å²) in [6.07, 6.45) is 3.27. The van der Waals surface area contributed by atoms with Gasteiger partial charge in [0, 0.05) is 19.8 Å². The number of benzene rings is 1. The summed E-state index contributed by atoms with van der Waals surface area (Å²) in [6.45, 7) is 9.18. The van der Waals surface area contributed by atoms with Crippen molar-refractivity contribution >= 4 is 5.91 Å². The first-order chi connectivity index (χ1) is 12.1. The largest absolute Gasteiger partial charge is 0.484 e. The summed E-state index contributed by atoms with van der Waals surface area (Å²) in [4.78, 5) is 11.8. The Morgan fingerprint density at radius 2 is 2.24 bits per heavy atom. The van der Waals surface area contributed by atoms with Crippen molar-refractivity contribution in [1.82, 2.24) is 5.32 Å². The predicted octanol–water partition coefficient (Wildman–Crippen LogP) is 3.20. The number of rotatable bonds is 10. The Bertz CT molecular complexity index is 538. The third-order valence-electron chi connectivity index (χ3n) is 4.35. The molecule has 25 heavy (non-hydrogen) atoms. The molecular weight excluding hydrogens is 318 g/mol. The molecule has 1 saturated heterocycles. The molecule has 0 spiro atoms. The molecule has 1 aliphatic rings. The molecule has 0 aromatic heterocycles. The molecule has 140 valence electrons. The number of hydrogen-bond acceptors (Lipinski definition) is 4. The highest BCUT2D eigenvalue weighted by atomic mass is 16.5. The quantitative estimate of drug-likeness (QED) is 0.659. The molecule has 1 fully saturated rings. The zero-order chi connectivity index (χ0) is 18.1. The van der Waals surface area contributed by atoms with Crippen molar-refractivity contribution in [3.05, 3.63) is 29.3 Å². The third kappa shape index (κ3) is 7.04. The van der Waals surface area contributed by atoms with Gasteiger partial charge in [0.25, 0.3) is 5.91 Å². The second-order valence-electron chi connectivity index (χ2n) is 6.88. The molecule has 5 nitrogen and oxygen atoms in total. The van der Waals surface area contributed by atoms with Gasteiger partial charge >= 0.3 is 0 Å². The van der Waals surface area contributed by atoms with Gasteiger partial charge in [-0.2, -0.15) is 0 Å². The molecule has 1 atom stereocenters. The van der Waals surface area contributed by atoms with E-state index in [4.69, 9.17) is 14.2 Å². The van der Waals surface area contributed by atoms with E-state index in [1.807, 2.05) is 12.1 Å². The lowest BCUT2D eigenvalue weighted by molar-refractivity contribution is -0.123. The summed E-state index contributed by atoms with van der Waals surface area (Å²) < 4.78 is 16.6. The Balaban J connectivity index is 1.55. The average Bonchev–Trinajstić information content (AvgIpc) is 3.09. The zero-order valence-corrected chi connectivity index (χ0v) is 15.7. The Morgan fingerprint density at radius 3 is 2.92 bits per heavy atom. The van der Waals surface area contributed by atoms with E-state index in [-0.39, 0.29) is 18.6 Å². The minimum Gasteiger partial charge on any atom is -0.484 e. The van der Waals surface area contributed by atoms with Gasteiger partial charge in [-0.3, -0.25) is 4.79 Å². The molecule has 1 heterocycles. The molecule has 0 bridgehead atoms. The second kappa shape index (κ2) is 10.4. The Morgan fingerprint density at radius 1 is 1.40 bits per heavy atom. The monoisotopic (exact) mass is 349 g/mol. The van der Waals surface area contributed by atoms with Crippen LogP contribution in [0.2, 0.25) is 0 Å². The maximum Gasteiger partial charge on any atom is 0.257 e. The number of carbonyl (C=O) groups is 1. The maximum absolute atomic E-state index is 11.8. The lowest BCUT2D eigenvalue weighted by Crippen LogP contribution is -2.30. The van der Waals surface area contributed by atoms with Gasteiger partial charge in [-0.1, -0.05) is 19.9 Å². The normalized spacial score (nSPS) is 17.0. The van der Waals surface area contributed by atoms with Crippen LogP contribution in [0, 0.1) is 6.92 Å². The summed E-state index contributed by atoms with van der Waals surface area (Å²) in [5, 5.41) is 2.85. The van der Waals surface area contributed by atoms with Crippen LogP contribution < -0.4 is 10.1 Å². The third-order valence-corrected chi connectivity index (χ3v) is 4.35. The number of aryl methyl sites for hydroxylation is 1. The van der Waals surface area contributed by atoms with Crippen LogP contribution in [0.15, 0.2) is 18.2 Å². The Kier molecular flexibility index (Phi) is 8.22. The summed E-state index contributed by atoms with van der Waals surface area (Å²) in [6, 6.07) is 5.98. The van der Waals surface area contributed by atoms with E-state index < -0.39 is 0 Å². The molecule has 0 saturated carbocycles. The Labute approximate surface area is 151 Å². The molecule has 0 aliphatic carbocycles. The lowest BCUT2D eigenvalue weighted by atomic mass is 9.98. The average molecular weight is 349 g/mol. The highest BCUT2D eigenvalue weighted by molar-refractivity contribution is 5.77. The summed E-state index contributed by atoms with van der Waals surface area (Å²) in [5.41, 5.74) is 2.50. The van der Waals surface area contributed by atoms with Crippen molar-refractivity contribution in [2.45, 2.75) is 52.1 Å². The fourth-order valence-electron chi connectivity index (χ4n) is 2.98. The van der Waals surface area contributed by atoms with E-state index in [1.54, 1.807) is 0 Å². The van der Waals surface area contributed by atoms with Crippen LogP contribution in [0.25, 0.3) is 0 Å². The molecule has 1 aliphatic heterocycles. The van der Waals surface area contributed by atoms with Crippen LogP contribution in [0.5, 0.6) is 5.75 Å². The van der Waals surface area contributed by atoms with Crippen LogP contribution in [-0.2, 0) is 14.3 Å². The van der Waals surface area contributed by atoms with Crippen molar-refractivity contribution in [3.8, 4) is 5.75 Å². The topological polar surface area (TPSA) is 56.8 Å². The fourth-order valence-corrected chi connectivity index (χ4v) is 2.98. The minimum absolute atomic E-state index is 0.0389. The lowest BCUT2D eigenvalue weighted by Gasteiger charge is -2.13. The van der Waals surface area contributed by atoms with Crippen LogP contribution in [0.3, 0.4) is 0 Å².